The first kappa shape index (κ1) is 10.6. The molecule has 1 radical (unpaired) electrons. The Morgan fingerprint density at radius 2 is 1.71 bits per heavy atom. The normalized spacial score (nSPS) is 10.6. The molecule has 0 unspecified atom stereocenters. The molecule has 17 heavy (non-hydrogen) atoms. The molecule has 3 aromatic rings. The van der Waals surface area contributed by atoms with Crippen LogP contribution in [-0.4, -0.2) is 7.28 Å². The third kappa shape index (κ3) is 2.01. The summed E-state index contributed by atoms with van der Waals surface area (Å²) in [6.07, 6.45) is 0. The van der Waals surface area contributed by atoms with E-state index in [9.17, 15) is 0 Å². The minimum absolute atomic E-state index is 1.27. The highest BCUT2D eigenvalue weighted by molar-refractivity contribution is 7.22. The lowest BCUT2D eigenvalue weighted by molar-refractivity contribution is 1.74. The van der Waals surface area contributed by atoms with Crippen LogP contribution in [0.3, 0.4) is 0 Å². The molecule has 2 aromatic carbocycles. The molecule has 0 aliphatic heterocycles. The average Bonchev–Trinajstić information content (AvgIpc) is 2.82. The smallest absolute Gasteiger partial charge is 0.135 e. The molecule has 0 spiro atoms. The van der Waals surface area contributed by atoms with Crippen molar-refractivity contribution in [2.24, 2.45) is 0 Å². The molecule has 0 atom stereocenters. The zero-order valence-electron chi connectivity index (χ0n) is 9.68. The van der Waals surface area contributed by atoms with Crippen LogP contribution in [0.25, 0.3) is 20.5 Å². The van der Waals surface area contributed by atoms with Crippen molar-refractivity contribution in [2.75, 3.05) is 0 Å². The highest BCUT2D eigenvalue weighted by Gasteiger charge is 2.03. The van der Waals surface area contributed by atoms with Crippen molar-refractivity contribution in [3.05, 3.63) is 54.6 Å². The second kappa shape index (κ2) is 4.38. The largest absolute Gasteiger partial charge is 0.148 e. The van der Waals surface area contributed by atoms with Crippen LogP contribution in [0.4, 0.5) is 0 Å². The molecule has 0 aliphatic rings. The van der Waals surface area contributed by atoms with Gasteiger partial charge in [-0.3, -0.25) is 0 Å². The first-order valence-electron chi connectivity index (χ1n) is 5.75. The third-order valence-corrected chi connectivity index (χ3v) is 4.12. The van der Waals surface area contributed by atoms with Crippen LogP contribution in [0.2, 0.25) is 6.82 Å². The van der Waals surface area contributed by atoms with Crippen LogP contribution in [0, 0.1) is 0 Å². The van der Waals surface area contributed by atoms with Gasteiger partial charge in [0.05, 0.1) is 0 Å². The van der Waals surface area contributed by atoms with E-state index in [1.165, 1.54) is 26.0 Å². The Bertz CT molecular complexity index is 604. The second-order valence-electron chi connectivity index (χ2n) is 4.06. The van der Waals surface area contributed by atoms with E-state index in [1.54, 1.807) is 0 Å². The average molecular weight is 235 g/mol. The lowest BCUT2D eigenvalue weighted by Crippen LogP contribution is -2.08. The van der Waals surface area contributed by atoms with Gasteiger partial charge < -0.3 is 0 Å². The third-order valence-electron chi connectivity index (χ3n) is 2.95. The van der Waals surface area contributed by atoms with E-state index in [1.807, 2.05) is 11.3 Å². The van der Waals surface area contributed by atoms with Crippen molar-refractivity contribution < 1.29 is 0 Å². The number of hydrogen-bond donors (Lipinski definition) is 0. The molecule has 0 saturated carbocycles. The molecule has 2 heteroatoms. The molecule has 0 fully saturated rings. The van der Waals surface area contributed by atoms with Gasteiger partial charge in [-0.2, -0.15) is 0 Å². The summed E-state index contributed by atoms with van der Waals surface area (Å²) < 4.78 is 1.36. The minimum Gasteiger partial charge on any atom is -0.135 e. The van der Waals surface area contributed by atoms with E-state index in [-0.39, 0.29) is 0 Å². The van der Waals surface area contributed by atoms with Crippen molar-refractivity contribution in [1.29, 1.82) is 0 Å². The molecular weight excluding hydrogens is 223 g/mol. The van der Waals surface area contributed by atoms with E-state index in [4.69, 9.17) is 0 Å². The van der Waals surface area contributed by atoms with Gasteiger partial charge in [-0.15, -0.1) is 11.3 Å². The van der Waals surface area contributed by atoms with Gasteiger partial charge in [0.15, 0.2) is 0 Å². The summed E-state index contributed by atoms with van der Waals surface area (Å²) in [5, 5.41) is 1.33. The number of fused-ring (bicyclic) bond motifs is 1. The molecular formula is C15H12BS. The summed E-state index contributed by atoms with van der Waals surface area (Å²) in [6, 6.07) is 19.5. The van der Waals surface area contributed by atoms with Gasteiger partial charge in [-0.25, -0.2) is 0 Å². The lowest BCUT2D eigenvalue weighted by atomic mass is 9.73. The Hall–Kier alpha value is -1.54. The fraction of sp³-hybridized carbons (Fsp3) is 0.0667. The van der Waals surface area contributed by atoms with Crippen LogP contribution >= 0.6 is 11.3 Å². The van der Waals surface area contributed by atoms with Crippen LogP contribution in [0.15, 0.2) is 54.6 Å². The van der Waals surface area contributed by atoms with Gasteiger partial charge >= 0.3 is 0 Å². The zero-order valence-corrected chi connectivity index (χ0v) is 10.5. The van der Waals surface area contributed by atoms with Crippen LogP contribution < -0.4 is 5.46 Å². The molecule has 0 amide bonds. The number of rotatable bonds is 2. The lowest BCUT2D eigenvalue weighted by Gasteiger charge is -1.98. The fourth-order valence-corrected chi connectivity index (χ4v) is 3.03. The Kier molecular flexibility index (Phi) is 2.73. The molecule has 3 rings (SSSR count). The van der Waals surface area contributed by atoms with Crippen molar-refractivity contribution in [3.8, 4) is 10.4 Å². The van der Waals surface area contributed by atoms with Crippen LogP contribution in [0.5, 0.6) is 0 Å². The predicted octanol–water partition coefficient (Wildman–Crippen LogP) is 3.95. The van der Waals surface area contributed by atoms with Crippen molar-refractivity contribution in [1.82, 2.24) is 0 Å². The van der Waals surface area contributed by atoms with E-state index in [0.29, 0.717) is 0 Å². The standard InChI is InChI=1S/C15H12BS/c1-16-13-8-6-11(7-9-13)15-10-12-4-2-3-5-14(12)17-15/h2-10H,1H3. The fourth-order valence-electron chi connectivity index (χ4n) is 1.96. The highest BCUT2D eigenvalue weighted by Crippen LogP contribution is 2.32. The summed E-state index contributed by atoms with van der Waals surface area (Å²) in [6.45, 7) is 2.06. The summed E-state index contributed by atoms with van der Waals surface area (Å²) in [4.78, 5) is 1.34. The van der Waals surface area contributed by atoms with Gasteiger partial charge in [0.2, 0.25) is 0 Å². The van der Waals surface area contributed by atoms with E-state index in [0.717, 1.165) is 0 Å². The number of thiophene rings is 1. The highest BCUT2D eigenvalue weighted by atomic mass is 32.1. The Balaban J connectivity index is 2.07. The van der Waals surface area contributed by atoms with Crippen molar-refractivity contribution in [2.45, 2.75) is 6.82 Å². The maximum atomic E-state index is 2.27. The van der Waals surface area contributed by atoms with Gasteiger partial charge in [-0.1, -0.05) is 54.8 Å². The maximum absolute atomic E-state index is 2.27. The Labute approximate surface area is 106 Å². The molecule has 0 nitrogen and oxygen atoms in total. The molecule has 0 aliphatic carbocycles. The summed E-state index contributed by atoms with van der Waals surface area (Å²) in [5.41, 5.74) is 2.58. The second-order valence-corrected chi connectivity index (χ2v) is 5.14. The summed E-state index contributed by atoms with van der Waals surface area (Å²) >= 11 is 1.85. The molecule has 81 valence electrons. The number of hydrogen-bond acceptors (Lipinski definition) is 1. The minimum atomic E-state index is 1.27. The van der Waals surface area contributed by atoms with Crippen molar-refractivity contribution in [3.63, 3.8) is 0 Å². The van der Waals surface area contributed by atoms with Gasteiger partial charge in [0.1, 0.15) is 7.28 Å². The van der Waals surface area contributed by atoms with Gasteiger partial charge in [-0.05, 0) is 23.1 Å². The van der Waals surface area contributed by atoms with Crippen LogP contribution in [-0.2, 0) is 0 Å². The first-order chi connectivity index (χ1) is 8.36. The monoisotopic (exact) mass is 235 g/mol. The first-order valence-corrected chi connectivity index (χ1v) is 6.57. The maximum Gasteiger partial charge on any atom is 0.148 e. The summed E-state index contributed by atoms with van der Waals surface area (Å²) in [5.74, 6) is 0. The predicted molar refractivity (Wildman–Crippen MR) is 78.5 cm³/mol. The quantitative estimate of drug-likeness (QED) is 0.590. The topological polar surface area (TPSA) is 0 Å². The number of benzene rings is 2. The van der Waals surface area contributed by atoms with Gasteiger partial charge in [0, 0.05) is 9.58 Å². The van der Waals surface area contributed by atoms with Gasteiger partial charge in [0.25, 0.3) is 0 Å². The van der Waals surface area contributed by atoms with E-state index >= 15 is 0 Å². The molecule has 1 heterocycles. The molecule has 1 aromatic heterocycles. The zero-order chi connectivity index (χ0) is 11.7. The van der Waals surface area contributed by atoms with E-state index in [2.05, 4.69) is 68.7 Å². The molecule has 0 saturated heterocycles. The SMILES string of the molecule is C[B]c1ccc(-c2cc3ccccc3s2)cc1. The molecule has 0 N–H and O–H groups in total. The Morgan fingerprint density at radius 1 is 0.941 bits per heavy atom. The van der Waals surface area contributed by atoms with E-state index < -0.39 is 0 Å². The Morgan fingerprint density at radius 3 is 2.41 bits per heavy atom. The van der Waals surface area contributed by atoms with Crippen molar-refractivity contribution >= 4 is 34.2 Å². The van der Waals surface area contributed by atoms with Crippen LogP contribution in [0.1, 0.15) is 0 Å². The summed E-state index contributed by atoms with van der Waals surface area (Å²) in [7, 11) is 2.12. The molecule has 0 bridgehead atoms.